The Bertz CT molecular complexity index is 1360. The van der Waals surface area contributed by atoms with Crippen LogP contribution in [0.4, 0.5) is 5.82 Å². The first-order valence-corrected chi connectivity index (χ1v) is 12.2. The molecule has 4 aromatic rings. The van der Waals surface area contributed by atoms with Crippen molar-refractivity contribution in [2.24, 2.45) is 0 Å². The van der Waals surface area contributed by atoms with Crippen molar-refractivity contribution < 1.29 is 0 Å². The molecule has 0 amide bonds. The monoisotopic (exact) mass is 453 g/mol. The van der Waals surface area contributed by atoms with Crippen LogP contribution in [0.3, 0.4) is 0 Å². The van der Waals surface area contributed by atoms with Gasteiger partial charge in [-0.1, -0.05) is 12.1 Å². The summed E-state index contributed by atoms with van der Waals surface area (Å²) in [6.07, 6.45) is 11.4. The van der Waals surface area contributed by atoms with Gasteiger partial charge < -0.3 is 20.1 Å². The lowest BCUT2D eigenvalue weighted by atomic mass is 9.98. The Morgan fingerprint density at radius 2 is 1.79 bits per heavy atom. The molecule has 2 aliphatic rings. The van der Waals surface area contributed by atoms with E-state index >= 15 is 0 Å². The van der Waals surface area contributed by atoms with Crippen molar-refractivity contribution in [3.63, 3.8) is 0 Å². The van der Waals surface area contributed by atoms with E-state index in [4.69, 9.17) is 4.98 Å². The van der Waals surface area contributed by atoms with E-state index in [1.165, 1.54) is 11.1 Å². The zero-order valence-corrected chi connectivity index (χ0v) is 19.9. The highest BCUT2D eigenvalue weighted by Gasteiger charge is 2.19. The number of aromatic amines is 1. The Kier molecular flexibility index (Phi) is 5.51. The number of H-pyrrole nitrogens is 1. The van der Waals surface area contributed by atoms with E-state index in [-0.39, 0.29) is 0 Å². The molecule has 0 unspecified atom stereocenters. The van der Waals surface area contributed by atoms with Crippen molar-refractivity contribution in [1.29, 1.82) is 0 Å². The fourth-order valence-corrected chi connectivity index (χ4v) is 5.14. The second-order valence-corrected chi connectivity index (χ2v) is 9.74. The number of pyridine rings is 1. The third-order valence-electron chi connectivity index (χ3n) is 7.32. The number of fused-ring (bicyclic) bond motifs is 2. The number of benzene rings is 1. The maximum Gasteiger partial charge on any atom is 0.137 e. The van der Waals surface area contributed by atoms with Gasteiger partial charge in [0.25, 0.3) is 0 Å². The van der Waals surface area contributed by atoms with E-state index in [2.05, 4.69) is 80.7 Å². The van der Waals surface area contributed by atoms with Crippen LogP contribution in [0.1, 0.15) is 24.8 Å². The lowest BCUT2D eigenvalue weighted by molar-refractivity contribution is 0.264. The number of likely N-dealkylation sites (N-methyl/N-ethyl adjacent to an activating group) is 1. The molecule has 0 saturated carbocycles. The fourth-order valence-electron chi connectivity index (χ4n) is 5.14. The first kappa shape index (κ1) is 21.3. The number of nitrogens with zero attached hydrogens (tertiary/aromatic N) is 5. The minimum Gasteiger partial charge on any atom is -0.367 e. The van der Waals surface area contributed by atoms with E-state index in [9.17, 15) is 0 Å². The molecule has 7 nitrogen and oxygen atoms in total. The summed E-state index contributed by atoms with van der Waals surface area (Å²) in [7, 11) is 4.35. The number of likely N-dealkylation sites (tertiary alicyclic amines) is 1. The molecule has 1 aromatic carbocycles. The molecule has 3 aromatic heterocycles. The molecule has 2 aliphatic heterocycles. The van der Waals surface area contributed by atoms with E-state index in [0.717, 1.165) is 84.3 Å². The van der Waals surface area contributed by atoms with Crippen LogP contribution >= 0.6 is 0 Å². The maximum atomic E-state index is 4.73. The van der Waals surface area contributed by atoms with Gasteiger partial charge in [-0.2, -0.15) is 0 Å². The first-order chi connectivity index (χ1) is 16.6. The van der Waals surface area contributed by atoms with E-state index in [1.807, 2.05) is 6.20 Å². The summed E-state index contributed by atoms with van der Waals surface area (Å²) >= 11 is 0. The molecule has 0 radical (unpaired) electrons. The standard InChI is InChI=1S/C27H31N7/c1-33-9-5-18(6-10-33)20-14-22-24(16-29-26(22)28-15-20)19-3-4-25-23(13-19)27(31-17-30-25)32-21-7-11-34(2)12-8-21/h3-5,13-17,21H,6-12H2,1-2H3,(H,28,29)(H,30,31,32). The lowest BCUT2D eigenvalue weighted by Crippen LogP contribution is -2.36. The lowest BCUT2D eigenvalue weighted by Gasteiger charge is -2.30. The third kappa shape index (κ3) is 4.06. The highest BCUT2D eigenvalue weighted by atomic mass is 15.1. The van der Waals surface area contributed by atoms with Crippen molar-refractivity contribution in [2.45, 2.75) is 25.3 Å². The van der Waals surface area contributed by atoms with Crippen LogP contribution < -0.4 is 5.32 Å². The number of piperidine rings is 1. The molecule has 0 aliphatic carbocycles. The number of anilines is 1. The Labute approximate surface area is 199 Å². The Morgan fingerprint density at radius 3 is 2.62 bits per heavy atom. The van der Waals surface area contributed by atoms with Gasteiger partial charge in [-0.3, -0.25) is 0 Å². The molecule has 0 bridgehead atoms. The van der Waals surface area contributed by atoms with Crippen LogP contribution in [0.25, 0.3) is 38.6 Å². The van der Waals surface area contributed by atoms with Gasteiger partial charge in [0.2, 0.25) is 0 Å². The Hall–Kier alpha value is -3.29. The zero-order chi connectivity index (χ0) is 23.1. The normalized spacial score (nSPS) is 18.5. The molecule has 6 rings (SSSR count). The number of rotatable bonds is 4. The highest BCUT2D eigenvalue weighted by molar-refractivity contribution is 5.99. The Morgan fingerprint density at radius 1 is 0.941 bits per heavy atom. The summed E-state index contributed by atoms with van der Waals surface area (Å²) < 4.78 is 0. The molecular formula is C27H31N7. The third-order valence-corrected chi connectivity index (χ3v) is 7.32. The van der Waals surface area contributed by atoms with E-state index < -0.39 is 0 Å². The quantitative estimate of drug-likeness (QED) is 0.477. The average Bonchev–Trinajstić information content (AvgIpc) is 3.29. The fraction of sp³-hybridized carbons (Fsp3) is 0.370. The van der Waals surface area contributed by atoms with Crippen LogP contribution in [0.15, 0.2) is 49.1 Å². The van der Waals surface area contributed by atoms with Crippen molar-refractivity contribution in [1.82, 2.24) is 29.7 Å². The van der Waals surface area contributed by atoms with Gasteiger partial charge >= 0.3 is 0 Å². The van der Waals surface area contributed by atoms with Crippen LogP contribution in [0, 0.1) is 0 Å². The molecule has 0 spiro atoms. The largest absolute Gasteiger partial charge is 0.367 e. The van der Waals surface area contributed by atoms with E-state index in [1.54, 1.807) is 6.33 Å². The molecule has 1 saturated heterocycles. The molecule has 5 heterocycles. The number of hydrogen-bond acceptors (Lipinski definition) is 6. The molecule has 0 atom stereocenters. The highest BCUT2D eigenvalue weighted by Crippen LogP contribution is 2.34. The summed E-state index contributed by atoms with van der Waals surface area (Å²) in [5.74, 6) is 0.927. The van der Waals surface area contributed by atoms with Crippen molar-refractivity contribution in [3.8, 4) is 11.1 Å². The van der Waals surface area contributed by atoms with Crippen LogP contribution in [-0.4, -0.2) is 76.1 Å². The van der Waals surface area contributed by atoms with Crippen LogP contribution in [-0.2, 0) is 0 Å². The van der Waals surface area contributed by atoms with Gasteiger partial charge in [0.15, 0.2) is 0 Å². The molecule has 2 N–H and O–H groups in total. The molecular weight excluding hydrogens is 422 g/mol. The second kappa shape index (κ2) is 8.81. The second-order valence-electron chi connectivity index (χ2n) is 9.74. The minimum atomic E-state index is 0.445. The number of hydrogen-bond donors (Lipinski definition) is 2. The molecule has 7 heteroatoms. The first-order valence-electron chi connectivity index (χ1n) is 12.2. The van der Waals surface area contributed by atoms with Crippen molar-refractivity contribution >= 4 is 33.3 Å². The van der Waals surface area contributed by atoms with Gasteiger partial charge in [-0.05, 0) is 81.3 Å². The zero-order valence-electron chi connectivity index (χ0n) is 19.9. The molecule has 1 fully saturated rings. The van der Waals surface area contributed by atoms with Crippen LogP contribution in [0.5, 0.6) is 0 Å². The van der Waals surface area contributed by atoms with Gasteiger partial charge in [0, 0.05) is 47.9 Å². The summed E-state index contributed by atoms with van der Waals surface area (Å²) in [4.78, 5) is 22.0. The van der Waals surface area contributed by atoms with Gasteiger partial charge in [-0.25, -0.2) is 15.0 Å². The predicted octanol–water partition coefficient (Wildman–Crippen LogP) is 4.40. The van der Waals surface area contributed by atoms with Crippen molar-refractivity contribution in [2.75, 3.05) is 45.6 Å². The van der Waals surface area contributed by atoms with Gasteiger partial charge in [-0.15, -0.1) is 0 Å². The number of nitrogens with one attached hydrogen (secondary N) is 2. The smallest absolute Gasteiger partial charge is 0.137 e. The predicted molar refractivity (Wildman–Crippen MR) is 139 cm³/mol. The van der Waals surface area contributed by atoms with Gasteiger partial charge in [0.1, 0.15) is 17.8 Å². The van der Waals surface area contributed by atoms with Crippen molar-refractivity contribution in [3.05, 3.63) is 54.6 Å². The number of aromatic nitrogens is 4. The topological polar surface area (TPSA) is 73.0 Å². The SMILES string of the molecule is CN1CC=C(c2cnc3[nH]cc(-c4ccc5ncnc(NC6CCN(C)CC6)c5c4)c3c2)CC1. The Balaban J connectivity index is 1.37. The maximum absolute atomic E-state index is 4.73. The van der Waals surface area contributed by atoms with Gasteiger partial charge in [0.05, 0.1) is 5.52 Å². The average molecular weight is 454 g/mol. The summed E-state index contributed by atoms with van der Waals surface area (Å²) in [5.41, 5.74) is 6.79. The summed E-state index contributed by atoms with van der Waals surface area (Å²) in [6.45, 7) is 4.30. The molecule has 174 valence electrons. The minimum absolute atomic E-state index is 0.445. The van der Waals surface area contributed by atoms with Crippen LogP contribution in [0.2, 0.25) is 0 Å². The van der Waals surface area contributed by atoms with E-state index in [0.29, 0.717) is 6.04 Å². The molecule has 34 heavy (non-hydrogen) atoms. The summed E-state index contributed by atoms with van der Waals surface area (Å²) in [5, 5.41) is 5.92. The summed E-state index contributed by atoms with van der Waals surface area (Å²) in [6, 6.07) is 9.20.